The first-order chi connectivity index (χ1) is 11.1. The minimum Gasteiger partial charge on any atom is -0.494 e. The van der Waals surface area contributed by atoms with Gasteiger partial charge in [0.1, 0.15) is 5.75 Å². The van der Waals surface area contributed by atoms with E-state index >= 15 is 0 Å². The third-order valence-corrected chi connectivity index (χ3v) is 3.86. The summed E-state index contributed by atoms with van der Waals surface area (Å²) in [5, 5.41) is 5.45. The number of unbranched alkanes of at least 4 members (excludes halogenated alkanes) is 1. The van der Waals surface area contributed by atoms with Crippen LogP contribution in [-0.2, 0) is 0 Å². The summed E-state index contributed by atoms with van der Waals surface area (Å²) in [7, 11) is 0. The molecule has 0 unspecified atom stereocenters. The van der Waals surface area contributed by atoms with E-state index < -0.39 is 0 Å². The summed E-state index contributed by atoms with van der Waals surface area (Å²) < 4.78 is 5.61. The van der Waals surface area contributed by atoms with Gasteiger partial charge in [0.2, 0.25) is 0 Å². The monoisotopic (exact) mass is 370 g/mol. The lowest BCUT2D eigenvalue weighted by Gasteiger charge is -2.07. The van der Waals surface area contributed by atoms with Gasteiger partial charge < -0.3 is 4.74 Å². The number of nitrogens with zero attached hydrogens (tertiary/aromatic N) is 1. The van der Waals surface area contributed by atoms with Gasteiger partial charge in [-0.3, -0.25) is 5.43 Å². The predicted octanol–water partition coefficient (Wildman–Crippen LogP) is 6.27. The highest BCUT2D eigenvalue weighted by molar-refractivity contribution is 6.41. The topological polar surface area (TPSA) is 33.6 Å². The van der Waals surface area contributed by atoms with Crippen LogP contribution in [0.25, 0.3) is 0 Å². The van der Waals surface area contributed by atoms with Crippen LogP contribution in [0.1, 0.15) is 25.3 Å². The van der Waals surface area contributed by atoms with E-state index in [-0.39, 0.29) is 0 Å². The Balaban J connectivity index is 1.96. The summed E-state index contributed by atoms with van der Waals surface area (Å²) in [6, 6.07) is 10.9. The molecule has 0 heterocycles. The molecule has 0 saturated heterocycles. The van der Waals surface area contributed by atoms with Crippen molar-refractivity contribution >= 4 is 46.7 Å². The fourth-order valence-corrected chi connectivity index (χ4v) is 2.71. The molecule has 0 aliphatic heterocycles. The van der Waals surface area contributed by atoms with E-state index in [1.807, 2.05) is 24.3 Å². The Morgan fingerprint density at radius 1 is 1.09 bits per heavy atom. The standard InChI is InChI=1S/C17H17Cl3N2O/c1-2-3-8-23-14-6-4-12(5-7-14)11-21-22-17-15(19)9-13(18)10-16(17)20/h4-7,9-11,22H,2-3,8H2,1H3. The average Bonchev–Trinajstić information content (AvgIpc) is 2.51. The first kappa shape index (κ1) is 17.9. The van der Waals surface area contributed by atoms with Gasteiger partial charge in [-0.1, -0.05) is 48.1 Å². The molecule has 0 aliphatic carbocycles. The second kappa shape index (κ2) is 9.02. The number of benzene rings is 2. The third-order valence-electron chi connectivity index (χ3n) is 3.04. The van der Waals surface area contributed by atoms with Crippen LogP contribution < -0.4 is 10.2 Å². The van der Waals surface area contributed by atoms with Gasteiger partial charge in [0.05, 0.1) is 28.6 Å². The fraction of sp³-hybridized carbons (Fsp3) is 0.235. The molecular weight excluding hydrogens is 355 g/mol. The number of halogens is 3. The van der Waals surface area contributed by atoms with Crippen LogP contribution >= 0.6 is 34.8 Å². The van der Waals surface area contributed by atoms with E-state index in [1.165, 1.54) is 0 Å². The molecule has 0 aromatic heterocycles. The number of hydrogen-bond donors (Lipinski definition) is 1. The van der Waals surface area contributed by atoms with Gasteiger partial charge in [-0.2, -0.15) is 5.10 Å². The second-order valence-electron chi connectivity index (χ2n) is 4.89. The molecule has 0 amide bonds. The number of hydrazone groups is 1. The largest absolute Gasteiger partial charge is 0.494 e. The number of ether oxygens (including phenoxy) is 1. The van der Waals surface area contributed by atoms with E-state index in [4.69, 9.17) is 39.5 Å². The van der Waals surface area contributed by atoms with E-state index in [9.17, 15) is 0 Å². The van der Waals surface area contributed by atoms with Crippen molar-refractivity contribution in [3.63, 3.8) is 0 Å². The highest BCUT2D eigenvalue weighted by Gasteiger charge is 2.06. The molecule has 0 aliphatic rings. The lowest BCUT2D eigenvalue weighted by molar-refractivity contribution is 0.309. The van der Waals surface area contributed by atoms with Crippen molar-refractivity contribution in [1.29, 1.82) is 0 Å². The maximum absolute atomic E-state index is 6.08. The Morgan fingerprint density at radius 3 is 2.35 bits per heavy atom. The number of anilines is 1. The minimum atomic E-state index is 0.416. The molecule has 2 aromatic carbocycles. The number of hydrogen-bond acceptors (Lipinski definition) is 3. The van der Waals surface area contributed by atoms with Crippen LogP contribution in [0, 0.1) is 0 Å². The van der Waals surface area contributed by atoms with Gasteiger partial charge in [0.15, 0.2) is 0 Å². The highest BCUT2D eigenvalue weighted by Crippen LogP contribution is 2.33. The van der Waals surface area contributed by atoms with E-state index in [0.717, 1.165) is 30.8 Å². The molecule has 0 bridgehead atoms. The van der Waals surface area contributed by atoms with Gasteiger partial charge >= 0.3 is 0 Å². The zero-order valence-corrected chi connectivity index (χ0v) is 14.9. The third kappa shape index (κ3) is 5.61. The van der Waals surface area contributed by atoms with Crippen molar-refractivity contribution in [2.75, 3.05) is 12.0 Å². The summed E-state index contributed by atoms with van der Waals surface area (Å²) in [4.78, 5) is 0. The summed E-state index contributed by atoms with van der Waals surface area (Å²) in [5.74, 6) is 0.854. The molecule has 1 N–H and O–H groups in total. The summed E-state index contributed by atoms with van der Waals surface area (Å²) in [6.45, 7) is 2.87. The molecule has 3 nitrogen and oxygen atoms in total. The fourth-order valence-electron chi connectivity index (χ4n) is 1.80. The molecule has 6 heteroatoms. The van der Waals surface area contributed by atoms with Crippen molar-refractivity contribution in [3.05, 3.63) is 57.0 Å². The summed E-state index contributed by atoms with van der Waals surface area (Å²) in [5.41, 5.74) is 4.28. The lowest BCUT2D eigenvalue weighted by Crippen LogP contribution is -1.96. The molecule has 2 rings (SSSR count). The summed E-state index contributed by atoms with van der Waals surface area (Å²) >= 11 is 18.0. The van der Waals surface area contributed by atoms with Gasteiger partial charge in [0, 0.05) is 5.02 Å². The van der Waals surface area contributed by atoms with Crippen LogP contribution in [0.4, 0.5) is 5.69 Å². The molecule has 0 fully saturated rings. The smallest absolute Gasteiger partial charge is 0.119 e. The molecule has 2 aromatic rings. The number of nitrogens with one attached hydrogen (secondary N) is 1. The molecule has 122 valence electrons. The first-order valence-corrected chi connectivity index (χ1v) is 8.40. The van der Waals surface area contributed by atoms with E-state index in [0.29, 0.717) is 20.8 Å². The predicted molar refractivity (Wildman–Crippen MR) is 99.5 cm³/mol. The molecule has 0 saturated carbocycles. The minimum absolute atomic E-state index is 0.416. The molecular formula is C17H17Cl3N2O. The Bertz CT molecular complexity index is 649. The SMILES string of the molecule is CCCCOc1ccc(C=NNc2c(Cl)cc(Cl)cc2Cl)cc1. The first-order valence-electron chi connectivity index (χ1n) is 7.26. The second-order valence-corrected chi connectivity index (χ2v) is 6.14. The lowest BCUT2D eigenvalue weighted by atomic mass is 10.2. The highest BCUT2D eigenvalue weighted by atomic mass is 35.5. The molecule has 0 spiro atoms. The average molecular weight is 372 g/mol. The van der Waals surface area contributed by atoms with Crippen molar-refractivity contribution in [3.8, 4) is 5.75 Å². The molecule has 0 atom stereocenters. The van der Waals surface area contributed by atoms with Gasteiger partial charge in [0.25, 0.3) is 0 Å². The van der Waals surface area contributed by atoms with Crippen LogP contribution in [0.5, 0.6) is 5.75 Å². The zero-order valence-electron chi connectivity index (χ0n) is 12.7. The maximum Gasteiger partial charge on any atom is 0.119 e. The van der Waals surface area contributed by atoms with Crippen LogP contribution in [0.2, 0.25) is 15.1 Å². The van der Waals surface area contributed by atoms with Crippen molar-refractivity contribution in [2.24, 2.45) is 5.10 Å². The van der Waals surface area contributed by atoms with E-state index in [2.05, 4.69) is 17.5 Å². The number of rotatable bonds is 7. The van der Waals surface area contributed by atoms with Crippen LogP contribution in [-0.4, -0.2) is 12.8 Å². The van der Waals surface area contributed by atoms with Gasteiger partial charge in [-0.15, -0.1) is 0 Å². The van der Waals surface area contributed by atoms with Crippen molar-refractivity contribution in [1.82, 2.24) is 0 Å². The van der Waals surface area contributed by atoms with Crippen LogP contribution in [0.3, 0.4) is 0 Å². The van der Waals surface area contributed by atoms with Crippen molar-refractivity contribution in [2.45, 2.75) is 19.8 Å². The Kier molecular flexibility index (Phi) is 7.03. The molecule has 0 radical (unpaired) electrons. The maximum atomic E-state index is 6.08. The van der Waals surface area contributed by atoms with Crippen LogP contribution in [0.15, 0.2) is 41.5 Å². The normalized spacial score (nSPS) is 11.0. The van der Waals surface area contributed by atoms with E-state index in [1.54, 1.807) is 18.3 Å². The Hall–Kier alpha value is -1.42. The van der Waals surface area contributed by atoms with Gasteiger partial charge in [-0.05, 0) is 48.4 Å². The quantitative estimate of drug-likeness (QED) is 0.353. The summed E-state index contributed by atoms with van der Waals surface area (Å²) in [6.07, 6.45) is 3.85. The molecule has 23 heavy (non-hydrogen) atoms. The zero-order chi connectivity index (χ0) is 16.7. The Labute approximate surface area is 151 Å². The Morgan fingerprint density at radius 2 is 1.74 bits per heavy atom. The van der Waals surface area contributed by atoms with Gasteiger partial charge in [-0.25, -0.2) is 0 Å². The van der Waals surface area contributed by atoms with Crippen molar-refractivity contribution < 1.29 is 4.74 Å².